The van der Waals surface area contributed by atoms with E-state index in [-0.39, 0.29) is 0 Å². The molecule has 58 heavy (non-hydrogen) atoms. The fraction of sp³-hybridized carbons (Fsp3) is 0. The van der Waals surface area contributed by atoms with Crippen LogP contribution in [0.25, 0.3) is 88.0 Å². The van der Waals surface area contributed by atoms with Crippen LogP contribution >= 0.6 is 0 Å². The van der Waals surface area contributed by atoms with Crippen molar-refractivity contribution in [2.24, 2.45) is 0 Å². The van der Waals surface area contributed by atoms with Crippen LogP contribution in [-0.2, 0) is 0 Å². The Hall–Kier alpha value is -7.68. The lowest BCUT2D eigenvalue weighted by Gasteiger charge is -2.27. The van der Waals surface area contributed by atoms with Crippen LogP contribution in [0.2, 0.25) is 0 Å². The van der Waals surface area contributed by atoms with Gasteiger partial charge in [0, 0.05) is 33.3 Å². The molecule has 0 bridgehead atoms. The number of hydrogen-bond acceptors (Lipinski definition) is 2. The van der Waals surface area contributed by atoms with Gasteiger partial charge >= 0.3 is 0 Å². The molecule has 1 aromatic heterocycles. The van der Waals surface area contributed by atoms with Crippen LogP contribution < -0.4 is 4.90 Å². The van der Waals surface area contributed by atoms with Crippen LogP contribution in [0.5, 0.6) is 0 Å². The van der Waals surface area contributed by atoms with Gasteiger partial charge in [0.25, 0.3) is 0 Å². The average Bonchev–Trinajstić information content (AvgIpc) is 3.70. The van der Waals surface area contributed by atoms with Gasteiger partial charge in [0.1, 0.15) is 11.3 Å². The van der Waals surface area contributed by atoms with Gasteiger partial charge < -0.3 is 9.32 Å². The topological polar surface area (TPSA) is 16.4 Å². The minimum absolute atomic E-state index is 0.890. The van der Waals surface area contributed by atoms with Gasteiger partial charge in [0.2, 0.25) is 0 Å². The minimum Gasteiger partial charge on any atom is -0.455 e. The molecule has 272 valence electrons. The van der Waals surface area contributed by atoms with Gasteiger partial charge in [-0.25, -0.2) is 0 Å². The van der Waals surface area contributed by atoms with Crippen molar-refractivity contribution in [2.45, 2.75) is 0 Å². The van der Waals surface area contributed by atoms with Crippen LogP contribution in [-0.4, -0.2) is 0 Å². The van der Waals surface area contributed by atoms with Crippen molar-refractivity contribution >= 4 is 60.3 Å². The molecule has 0 aliphatic carbocycles. The third kappa shape index (κ3) is 5.91. The molecule has 0 atom stereocenters. The zero-order chi connectivity index (χ0) is 38.4. The zero-order valence-corrected chi connectivity index (χ0v) is 31.7. The van der Waals surface area contributed by atoms with Crippen LogP contribution in [0.1, 0.15) is 0 Å². The van der Waals surface area contributed by atoms with E-state index in [0.29, 0.717) is 0 Å². The summed E-state index contributed by atoms with van der Waals surface area (Å²) < 4.78 is 6.54. The van der Waals surface area contributed by atoms with Crippen molar-refractivity contribution in [3.63, 3.8) is 0 Å². The number of anilines is 3. The number of nitrogens with zero attached hydrogens (tertiary/aromatic N) is 1. The van der Waals surface area contributed by atoms with Crippen LogP contribution in [0, 0.1) is 0 Å². The van der Waals surface area contributed by atoms with E-state index >= 15 is 0 Å². The first-order valence-corrected chi connectivity index (χ1v) is 19.8. The molecule has 1 heterocycles. The van der Waals surface area contributed by atoms with E-state index in [0.717, 1.165) is 61.6 Å². The van der Waals surface area contributed by atoms with Gasteiger partial charge in [-0.15, -0.1) is 0 Å². The van der Waals surface area contributed by atoms with Crippen molar-refractivity contribution < 1.29 is 4.42 Å². The smallest absolute Gasteiger partial charge is 0.143 e. The molecular weight excluding hydrogens is 703 g/mol. The Labute approximate surface area is 337 Å². The Kier molecular flexibility index (Phi) is 8.19. The summed E-state index contributed by atoms with van der Waals surface area (Å²) in [5.41, 5.74) is 12.2. The third-order valence-corrected chi connectivity index (χ3v) is 11.5. The van der Waals surface area contributed by atoms with Crippen molar-refractivity contribution in [3.05, 3.63) is 224 Å². The highest BCUT2D eigenvalue weighted by Crippen LogP contribution is 2.43. The lowest BCUT2D eigenvalue weighted by atomic mass is 9.95. The van der Waals surface area contributed by atoms with E-state index in [9.17, 15) is 0 Å². The predicted molar refractivity (Wildman–Crippen MR) is 245 cm³/mol. The second-order valence-corrected chi connectivity index (χ2v) is 14.9. The van der Waals surface area contributed by atoms with Crippen LogP contribution in [0.4, 0.5) is 17.1 Å². The Balaban J connectivity index is 0.936. The highest BCUT2D eigenvalue weighted by Gasteiger charge is 2.19. The highest BCUT2D eigenvalue weighted by molar-refractivity contribution is 6.09. The van der Waals surface area contributed by atoms with Crippen LogP contribution in [0.15, 0.2) is 229 Å². The molecule has 0 amide bonds. The molecule has 0 saturated carbocycles. The Morgan fingerprint density at radius 2 is 0.828 bits per heavy atom. The summed E-state index contributed by atoms with van der Waals surface area (Å²) in [7, 11) is 0. The fourth-order valence-electron chi connectivity index (χ4n) is 8.61. The number of fused-ring (bicyclic) bond motifs is 5. The fourth-order valence-corrected chi connectivity index (χ4v) is 8.61. The van der Waals surface area contributed by atoms with E-state index in [1.807, 2.05) is 12.1 Å². The van der Waals surface area contributed by atoms with E-state index in [1.54, 1.807) is 0 Å². The highest BCUT2D eigenvalue weighted by atomic mass is 16.3. The van der Waals surface area contributed by atoms with E-state index in [1.165, 1.54) is 43.4 Å². The molecular formula is C56H37NO. The first kappa shape index (κ1) is 33.6. The second-order valence-electron chi connectivity index (χ2n) is 14.9. The van der Waals surface area contributed by atoms with E-state index in [2.05, 4.69) is 217 Å². The largest absolute Gasteiger partial charge is 0.455 e. The van der Waals surface area contributed by atoms with Gasteiger partial charge in [-0.3, -0.25) is 0 Å². The molecule has 0 saturated heterocycles. The standard InChI is InChI=1S/C56H37NO/c1-2-14-43(15-3-1)55-52-21-8-9-23-54(52)58-56(55)46-18-10-17-44(36-46)40-26-24-38(25-27-40)39-30-32-47(33-31-39)57(53-22-11-16-41-12-5-7-20-51(41)53)48-34-35-50-45(37-48)29-28-42-13-4-6-19-49(42)50/h1-37H. The predicted octanol–water partition coefficient (Wildman–Crippen LogP) is 16.0. The van der Waals surface area contributed by atoms with Crippen LogP contribution in [0.3, 0.4) is 0 Å². The van der Waals surface area contributed by atoms with Gasteiger partial charge in [-0.05, 0) is 97.2 Å². The molecule has 0 spiro atoms. The molecule has 0 unspecified atom stereocenters. The molecule has 0 fully saturated rings. The minimum atomic E-state index is 0.890. The number of furan rings is 1. The molecule has 10 aromatic carbocycles. The first-order valence-electron chi connectivity index (χ1n) is 19.8. The molecule has 2 nitrogen and oxygen atoms in total. The number of benzene rings is 10. The number of rotatable bonds is 7. The summed E-state index contributed by atoms with van der Waals surface area (Å²) in [6.07, 6.45) is 0. The Bertz CT molecular complexity index is 3260. The normalized spacial score (nSPS) is 11.4. The summed E-state index contributed by atoms with van der Waals surface area (Å²) in [4.78, 5) is 2.39. The lowest BCUT2D eigenvalue weighted by Crippen LogP contribution is -2.10. The summed E-state index contributed by atoms with van der Waals surface area (Å²) in [5, 5.41) is 8.56. The molecule has 11 aromatic rings. The van der Waals surface area contributed by atoms with E-state index < -0.39 is 0 Å². The molecule has 2 heteroatoms. The average molecular weight is 740 g/mol. The number of para-hydroxylation sites is 1. The second kappa shape index (κ2) is 14.1. The summed E-state index contributed by atoms with van der Waals surface area (Å²) in [6.45, 7) is 0. The van der Waals surface area contributed by atoms with Crippen molar-refractivity contribution in [2.75, 3.05) is 4.90 Å². The van der Waals surface area contributed by atoms with Gasteiger partial charge in [0.05, 0.1) is 5.69 Å². The van der Waals surface area contributed by atoms with Crippen molar-refractivity contribution in [1.82, 2.24) is 0 Å². The first-order chi connectivity index (χ1) is 28.7. The Morgan fingerprint density at radius 3 is 1.62 bits per heavy atom. The molecule has 11 rings (SSSR count). The van der Waals surface area contributed by atoms with Crippen molar-refractivity contribution in [1.29, 1.82) is 0 Å². The SMILES string of the molecule is c1ccc(-c2c(-c3cccc(-c4ccc(-c5ccc(N(c6ccc7c(ccc8ccccc87)c6)c6cccc7ccccc67)cc5)cc4)c3)oc3ccccc23)cc1. The van der Waals surface area contributed by atoms with Crippen molar-refractivity contribution in [3.8, 4) is 44.7 Å². The molecule has 0 aliphatic heterocycles. The molecule has 0 aliphatic rings. The van der Waals surface area contributed by atoms with Gasteiger partial charge in [-0.1, -0.05) is 182 Å². The maximum Gasteiger partial charge on any atom is 0.143 e. The maximum absolute atomic E-state index is 6.54. The zero-order valence-electron chi connectivity index (χ0n) is 31.7. The summed E-state index contributed by atoms with van der Waals surface area (Å²) >= 11 is 0. The Morgan fingerprint density at radius 1 is 0.293 bits per heavy atom. The molecule has 0 N–H and O–H groups in total. The lowest BCUT2D eigenvalue weighted by molar-refractivity contribution is 0.632. The number of hydrogen-bond donors (Lipinski definition) is 0. The maximum atomic E-state index is 6.54. The third-order valence-electron chi connectivity index (χ3n) is 11.5. The van der Waals surface area contributed by atoms with Gasteiger partial charge in [0.15, 0.2) is 0 Å². The van der Waals surface area contributed by atoms with Gasteiger partial charge in [-0.2, -0.15) is 0 Å². The molecule has 0 radical (unpaired) electrons. The monoisotopic (exact) mass is 739 g/mol. The van der Waals surface area contributed by atoms with E-state index in [4.69, 9.17) is 4.42 Å². The quantitative estimate of drug-likeness (QED) is 0.151. The summed E-state index contributed by atoms with van der Waals surface area (Å²) in [5.74, 6) is 0.890. The summed E-state index contributed by atoms with van der Waals surface area (Å²) in [6, 6.07) is 80.5.